The maximum atomic E-state index is 12.0. The third-order valence-corrected chi connectivity index (χ3v) is 2.59. The van der Waals surface area contributed by atoms with Crippen LogP contribution >= 0.6 is 0 Å². The van der Waals surface area contributed by atoms with Crippen molar-refractivity contribution >= 4 is 11.9 Å². The number of aromatic nitrogens is 1. The highest BCUT2D eigenvalue weighted by Gasteiger charge is 2.29. The molecular weight excluding hydrogens is 248 g/mol. The van der Waals surface area contributed by atoms with Gasteiger partial charge in [0.25, 0.3) is 5.91 Å². The number of ether oxygens (including phenoxy) is 1. The van der Waals surface area contributed by atoms with Crippen LogP contribution in [0.15, 0.2) is 18.3 Å². The summed E-state index contributed by atoms with van der Waals surface area (Å²) in [5, 5.41) is 11.6. The smallest absolute Gasteiger partial charge is 0.305 e. The van der Waals surface area contributed by atoms with Crippen LogP contribution in [0.5, 0.6) is 0 Å². The lowest BCUT2D eigenvalue weighted by Crippen LogP contribution is -2.50. The largest absolute Gasteiger partial charge is 0.481 e. The minimum Gasteiger partial charge on any atom is -0.481 e. The molecule has 19 heavy (non-hydrogen) atoms. The maximum Gasteiger partial charge on any atom is 0.305 e. The van der Waals surface area contributed by atoms with E-state index < -0.39 is 11.5 Å². The second-order valence-electron chi connectivity index (χ2n) is 4.71. The highest BCUT2D eigenvalue weighted by molar-refractivity contribution is 5.94. The van der Waals surface area contributed by atoms with Gasteiger partial charge in [0.2, 0.25) is 0 Å². The number of amides is 1. The molecule has 1 amide bonds. The highest BCUT2D eigenvalue weighted by atomic mass is 16.5. The number of aliphatic carboxylic acids is 1. The fraction of sp³-hybridized carbons (Fsp3) is 0.462. The Labute approximate surface area is 111 Å². The van der Waals surface area contributed by atoms with E-state index in [0.717, 1.165) is 5.69 Å². The van der Waals surface area contributed by atoms with Crippen molar-refractivity contribution in [2.24, 2.45) is 0 Å². The number of aryl methyl sites for hydroxylation is 1. The summed E-state index contributed by atoms with van der Waals surface area (Å²) in [5.74, 6) is -1.37. The number of hydrogen-bond acceptors (Lipinski definition) is 4. The van der Waals surface area contributed by atoms with Crippen LogP contribution in [0.2, 0.25) is 0 Å². The van der Waals surface area contributed by atoms with E-state index >= 15 is 0 Å². The molecule has 1 aromatic heterocycles. The Bertz CT molecular complexity index is 458. The number of nitrogens with zero attached hydrogens (tertiary/aromatic N) is 1. The fourth-order valence-corrected chi connectivity index (χ4v) is 1.73. The van der Waals surface area contributed by atoms with Crippen molar-refractivity contribution in [2.45, 2.75) is 25.8 Å². The van der Waals surface area contributed by atoms with E-state index in [0.29, 0.717) is 5.56 Å². The van der Waals surface area contributed by atoms with Gasteiger partial charge in [-0.2, -0.15) is 0 Å². The van der Waals surface area contributed by atoms with Crippen LogP contribution in [-0.4, -0.2) is 41.2 Å². The van der Waals surface area contributed by atoms with Crippen LogP contribution in [0.4, 0.5) is 0 Å². The molecule has 0 saturated heterocycles. The van der Waals surface area contributed by atoms with Crippen LogP contribution in [0.25, 0.3) is 0 Å². The molecule has 1 unspecified atom stereocenters. The summed E-state index contributed by atoms with van der Waals surface area (Å²) in [7, 11) is 1.46. The summed E-state index contributed by atoms with van der Waals surface area (Å²) in [4.78, 5) is 26.9. The van der Waals surface area contributed by atoms with Gasteiger partial charge in [0.1, 0.15) is 0 Å². The summed E-state index contributed by atoms with van der Waals surface area (Å²) >= 11 is 0. The van der Waals surface area contributed by atoms with Gasteiger partial charge >= 0.3 is 5.97 Å². The van der Waals surface area contributed by atoms with E-state index in [4.69, 9.17) is 9.84 Å². The number of carboxylic acids is 1. The molecule has 0 fully saturated rings. The number of nitrogens with one attached hydrogen (secondary N) is 1. The molecule has 1 rings (SSSR count). The SMILES string of the molecule is COCC(C)(CC(=O)O)NC(=O)c1ccc(C)nc1. The predicted octanol–water partition coefficient (Wildman–Crippen LogP) is 1.000. The number of pyridine rings is 1. The van der Waals surface area contributed by atoms with E-state index in [1.807, 2.05) is 6.92 Å². The molecule has 0 bridgehead atoms. The molecule has 1 aromatic rings. The van der Waals surface area contributed by atoms with Crippen LogP contribution in [-0.2, 0) is 9.53 Å². The zero-order chi connectivity index (χ0) is 14.5. The molecule has 2 N–H and O–H groups in total. The van der Waals surface area contributed by atoms with Gasteiger partial charge in [-0.15, -0.1) is 0 Å². The number of carbonyl (C=O) groups is 2. The van der Waals surface area contributed by atoms with Crippen molar-refractivity contribution in [2.75, 3.05) is 13.7 Å². The van der Waals surface area contributed by atoms with Gasteiger partial charge in [-0.1, -0.05) is 0 Å². The molecule has 1 heterocycles. The Morgan fingerprint density at radius 1 is 1.47 bits per heavy atom. The molecule has 104 valence electrons. The number of rotatable bonds is 6. The van der Waals surface area contributed by atoms with E-state index in [-0.39, 0.29) is 18.9 Å². The lowest BCUT2D eigenvalue weighted by Gasteiger charge is -2.28. The van der Waals surface area contributed by atoms with Crippen molar-refractivity contribution in [3.63, 3.8) is 0 Å². The lowest BCUT2D eigenvalue weighted by atomic mass is 9.98. The van der Waals surface area contributed by atoms with Gasteiger partial charge in [-0.25, -0.2) is 0 Å². The average molecular weight is 266 g/mol. The third kappa shape index (κ3) is 4.67. The average Bonchev–Trinajstić information content (AvgIpc) is 2.28. The molecular formula is C13H18N2O4. The van der Waals surface area contributed by atoms with Crippen LogP contribution in [0, 0.1) is 6.92 Å². The van der Waals surface area contributed by atoms with E-state index in [1.54, 1.807) is 19.1 Å². The van der Waals surface area contributed by atoms with Crippen molar-refractivity contribution in [1.82, 2.24) is 10.3 Å². The quantitative estimate of drug-likeness (QED) is 0.802. The Balaban J connectivity index is 2.81. The lowest BCUT2D eigenvalue weighted by molar-refractivity contribution is -0.139. The van der Waals surface area contributed by atoms with Gasteiger partial charge in [0.15, 0.2) is 0 Å². The monoisotopic (exact) mass is 266 g/mol. The molecule has 0 aromatic carbocycles. The van der Waals surface area contributed by atoms with Crippen molar-refractivity contribution < 1.29 is 19.4 Å². The van der Waals surface area contributed by atoms with E-state index in [9.17, 15) is 9.59 Å². The molecule has 0 aliphatic rings. The third-order valence-electron chi connectivity index (χ3n) is 2.59. The minimum atomic E-state index is -0.998. The summed E-state index contributed by atoms with van der Waals surface area (Å²) in [6.45, 7) is 3.57. The zero-order valence-corrected chi connectivity index (χ0v) is 11.3. The Hall–Kier alpha value is -1.95. The zero-order valence-electron chi connectivity index (χ0n) is 11.3. The van der Waals surface area contributed by atoms with Gasteiger partial charge in [0, 0.05) is 19.0 Å². The summed E-state index contributed by atoms with van der Waals surface area (Å²) < 4.78 is 4.97. The summed E-state index contributed by atoms with van der Waals surface area (Å²) in [6.07, 6.45) is 1.24. The maximum absolute atomic E-state index is 12.0. The minimum absolute atomic E-state index is 0.115. The second-order valence-corrected chi connectivity index (χ2v) is 4.71. The molecule has 0 radical (unpaired) electrons. The van der Waals surface area contributed by atoms with Gasteiger partial charge in [-0.3, -0.25) is 14.6 Å². The highest BCUT2D eigenvalue weighted by Crippen LogP contribution is 2.12. The normalized spacial score (nSPS) is 13.6. The Morgan fingerprint density at radius 2 is 2.16 bits per heavy atom. The van der Waals surface area contributed by atoms with E-state index in [1.165, 1.54) is 13.3 Å². The van der Waals surface area contributed by atoms with E-state index in [2.05, 4.69) is 10.3 Å². The predicted molar refractivity (Wildman–Crippen MR) is 69.0 cm³/mol. The number of hydrogen-bond donors (Lipinski definition) is 2. The fourth-order valence-electron chi connectivity index (χ4n) is 1.73. The first-order valence-electron chi connectivity index (χ1n) is 5.82. The Morgan fingerprint density at radius 3 is 2.63 bits per heavy atom. The molecule has 1 atom stereocenters. The topological polar surface area (TPSA) is 88.5 Å². The number of carboxylic acid groups (broad SMARTS) is 1. The molecule has 6 heteroatoms. The summed E-state index contributed by atoms with van der Waals surface area (Å²) in [6, 6.07) is 3.37. The van der Waals surface area contributed by atoms with Crippen LogP contribution in [0.3, 0.4) is 0 Å². The second kappa shape index (κ2) is 6.29. The molecule has 0 aliphatic carbocycles. The number of carbonyl (C=O) groups excluding carboxylic acids is 1. The van der Waals surface area contributed by atoms with Crippen LogP contribution in [0.1, 0.15) is 29.4 Å². The molecule has 0 aliphatic heterocycles. The first kappa shape index (κ1) is 15.1. The van der Waals surface area contributed by atoms with Crippen molar-refractivity contribution in [1.29, 1.82) is 0 Å². The molecule has 0 spiro atoms. The van der Waals surface area contributed by atoms with Gasteiger partial charge in [0.05, 0.1) is 24.1 Å². The Kier molecular flexibility index (Phi) is 5.00. The van der Waals surface area contributed by atoms with Crippen LogP contribution < -0.4 is 5.32 Å². The van der Waals surface area contributed by atoms with Gasteiger partial charge in [-0.05, 0) is 26.0 Å². The number of methoxy groups -OCH3 is 1. The van der Waals surface area contributed by atoms with Crippen molar-refractivity contribution in [3.05, 3.63) is 29.6 Å². The standard InChI is InChI=1S/C13H18N2O4/c1-9-4-5-10(7-14-9)12(18)15-13(2,8-19-3)6-11(16)17/h4-5,7H,6,8H2,1-3H3,(H,15,18)(H,16,17). The van der Waals surface area contributed by atoms with Gasteiger partial charge < -0.3 is 15.2 Å². The van der Waals surface area contributed by atoms with Crippen molar-refractivity contribution in [3.8, 4) is 0 Å². The molecule has 0 saturated carbocycles. The summed E-state index contributed by atoms with van der Waals surface area (Å²) in [5.41, 5.74) is 0.239. The molecule has 6 nitrogen and oxygen atoms in total. The first-order valence-corrected chi connectivity index (χ1v) is 5.82. The first-order chi connectivity index (χ1) is 8.86.